The van der Waals surface area contributed by atoms with E-state index in [0.717, 1.165) is 10.5 Å². The van der Waals surface area contributed by atoms with E-state index in [0.29, 0.717) is 30.4 Å². The van der Waals surface area contributed by atoms with Crippen LogP contribution in [0.5, 0.6) is 11.5 Å². The molecule has 3 rings (SSSR count). The van der Waals surface area contributed by atoms with Gasteiger partial charge in [-0.05, 0) is 49.1 Å². The Labute approximate surface area is 181 Å². The van der Waals surface area contributed by atoms with E-state index in [2.05, 4.69) is 10.0 Å². The summed E-state index contributed by atoms with van der Waals surface area (Å²) in [4.78, 5) is 13.0. The third-order valence-corrected chi connectivity index (χ3v) is 7.00. The van der Waals surface area contributed by atoms with E-state index in [1.54, 1.807) is 39.0 Å². The van der Waals surface area contributed by atoms with Crippen molar-refractivity contribution in [3.05, 3.63) is 42.0 Å². The van der Waals surface area contributed by atoms with Gasteiger partial charge in [0.25, 0.3) is 0 Å². The van der Waals surface area contributed by atoms with Crippen molar-refractivity contribution in [1.82, 2.24) is 4.72 Å². The fourth-order valence-corrected chi connectivity index (χ4v) is 4.72. The summed E-state index contributed by atoms with van der Waals surface area (Å²) in [7, 11) is -3.82. The molecule has 2 N–H and O–H groups in total. The Morgan fingerprint density at radius 3 is 2.40 bits per heavy atom. The van der Waals surface area contributed by atoms with Gasteiger partial charge in [0.05, 0.1) is 10.6 Å². The quantitative estimate of drug-likeness (QED) is 0.623. The second-order valence-electron chi connectivity index (χ2n) is 7.25. The largest absolute Gasteiger partial charge is 0.486 e. The molecule has 9 heteroatoms. The highest BCUT2D eigenvalue weighted by Crippen LogP contribution is 2.33. The maximum atomic E-state index is 13.0. The maximum Gasteiger partial charge on any atom is 0.241 e. The zero-order valence-electron chi connectivity index (χ0n) is 17.4. The smallest absolute Gasteiger partial charge is 0.241 e. The number of hydrogen-bond acceptors (Lipinski definition) is 6. The van der Waals surface area contributed by atoms with Crippen LogP contribution in [0.15, 0.2) is 46.2 Å². The summed E-state index contributed by atoms with van der Waals surface area (Å²) in [5, 5.41) is 2.81. The summed E-state index contributed by atoms with van der Waals surface area (Å²) < 4.78 is 39.8. The van der Waals surface area contributed by atoms with Gasteiger partial charge < -0.3 is 14.8 Å². The predicted molar refractivity (Wildman–Crippen MR) is 118 cm³/mol. The van der Waals surface area contributed by atoms with Crippen molar-refractivity contribution in [1.29, 1.82) is 0 Å². The van der Waals surface area contributed by atoms with Crippen LogP contribution in [0.25, 0.3) is 0 Å². The Balaban J connectivity index is 1.83. The van der Waals surface area contributed by atoms with Crippen LogP contribution in [0.3, 0.4) is 0 Å². The summed E-state index contributed by atoms with van der Waals surface area (Å²) >= 11 is 1.44. The summed E-state index contributed by atoms with van der Waals surface area (Å²) in [5.74, 6) is 0.872. The van der Waals surface area contributed by atoms with E-state index in [-0.39, 0.29) is 16.7 Å². The minimum atomic E-state index is -3.82. The lowest BCUT2D eigenvalue weighted by Gasteiger charge is -2.21. The van der Waals surface area contributed by atoms with Gasteiger partial charge in [0, 0.05) is 16.9 Å². The molecule has 0 spiro atoms. The predicted octanol–water partition coefficient (Wildman–Crippen LogP) is 3.81. The number of fused-ring (bicyclic) bond motifs is 1. The molecule has 2 aromatic rings. The molecule has 1 amide bonds. The number of benzene rings is 2. The highest BCUT2D eigenvalue weighted by Gasteiger charge is 2.22. The van der Waals surface area contributed by atoms with Crippen LogP contribution in [0, 0.1) is 5.92 Å². The maximum absolute atomic E-state index is 13.0. The lowest BCUT2D eigenvalue weighted by molar-refractivity contribution is -0.118. The molecule has 1 unspecified atom stereocenters. The van der Waals surface area contributed by atoms with Crippen molar-refractivity contribution in [2.75, 3.05) is 24.8 Å². The average molecular weight is 451 g/mol. The van der Waals surface area contributed by atoms with Gasteiger partial charge in [0.2, 0.25) is 15.9 Å². The number of nitrogens with one attached hydrogen (secondary N) is 2. The molecule has 30 heavy (non-hydrogen) atoms. The summed E-state index contributed by atoms with van der Waals surface area (Å²) in [6.45, 7) is 6.29. The summed E-state index contributed by atoms with van der Waals surface area (Å²) in [6, 6.07) is 9.62. The van der Waals surface area contributed by atoms with Gasteiger partial charge in [-0.2, -0.15) is 0 Å². The van der Waals surface area contributed by atoms with E-state index in [4.69, 9.17) is 9.47 Å². The van der Waals surface area contributed by atoms with Crippen molar-refractivity contribution < 1.29 is 22.7 Å². The molecule has 0 aromatic heterocycles. The number of anilines is 1. The average Bonchev–Trinajstić information content (AvgIpc) is 2.72. The molecule has 1 atom stereocenters. The van der Waals surface area contributed by atoms with E-state index in [9.17, 15) is 13.2 Å². The third-order valence-electron chi connectivity index (χ3n) is 4.66. The van der Waals surface area contributed by atoms with E-state index >= 15 is 0 Å². The van der Waals surface area contributed by atoms with Gasteiger partial charge in [-0.1, -0.05) is 19.9 Å². The molecular weight excluding hydrogens is 424 g/mol. The first-order valence-corrected chi connectivity index (χ1v) is 12.3. The first-order valence-electron chi connectivity index (χ1n) is 9.62. The fourth-order valence-electron chi connectivity index (χ4n) is 2.93. The van der Waals surface area contributed by atoms with Crippen molar-refractivity contribution in [3.8, 4) is 11.5 Å². The standard InChI is InChI=1S/C21H26N2O5S2/c1-13(2)21(24)22-17-12-16(6-8-20(17)29-4)30(25,26)23-14(3)15-5-7-18-19(11-15)28-10-9-27-18/h5-8,11-14,23H,9-10H2,1-4H3,(H,22,24). The molecular formula is C21H26N2O5S2. The SMILES string of the molecule is CSc1ccc(S(=O)(=O)NC(C)c2ccc3c(c2)OCCO3)cc1NC(=O)C(C)C. The zero-order chi connectivity index (χ0) is 21.9. The van der Waals surface area contributed by atoms with Crippen molar-refractivity contribution in [3.63, 3.8) is 0 Å². The molecule has 0 bridgehead atoms. The molecule has 1 heterocycles. The molecule has 0 saturated heterocycles. The number of amides is 1. The molecule has 0 saturated carbocycles. The minimum Gasteiger partial charge on any atom is -0.486 e. The molecule has 0 radical (unpaired) electrons. The highest BCUT2D eigenvalue weighted by molar-refractivity contribution is 7.98. The number of sulfonamides is 1. The van der Waals surface area contributed by atoms with E-state index < -0.39 is 16.1 Å². The highest BCUT2D eigenvalue weighted by atomic mass is 32.2. The van der Waals surface area contributed by atoms with Gasteiger partial charge >= 0.3 is 0 Å². The van der Waals surface area contributed by atoms with Crippen LogP contribution in [0.2, 0.25) is 0 Å². The van der Waals surface area contributed by atoms with Crippen LogP contribution >= 0.6 is 11.8 Å². The Kier molecular flexibility index (Phi) is 6.95. The number of ether oxygens (including phenoxy) is 2. The number of thioether (sulfide) groups is 1. The van der Waals surface area contributed by atoms with Crippen molar-refractivity contribution in [2.24, 2.45) is 5.92 Å². The van der Waals surface area contributed by atoms with Crippen LogP contribution < -0.4 is 19.5 Å². The van der Waals surface area contributed by atoms with Crippen LogP contribution in [0.4, 0.5) is 5.69 Å². The van der Waals surface area contributed by atoms with Crippen molar-refractivity contribution >= 4 is 33.4 Å². The lowest BCUT2D eigenvalue weighted by Crippen LogP contribution is -2.27. The molecule has 1 aliphatic rings. The Hall–Kier alpha value is -2.23. The number of carbonyl (C=O) groups is 1. The molecule has 2 aromatic carbocycles. The van der Waals surface area contributed by atoms with Crippen molar-refractivity contribution in [2.45, 2.75) is 36.6 Å². The van der Waals surface area contributed by atoms with Gasteiger partial charge in [-0.25, -0.2) is 13.1 Å². The zero-order valence-corrected chi connectivity index (χ0v) is 19.0. The fraction of sp³-hybridized carbons (Fsp3) is 0.381. The molecule has 1 aliphatic heterocycles. The Bertz CT molecular complexity index is 1040. The van der Waals surface area contributed by atoms with Gasteiger partial charge in [0.1, 0.15) is 13.2 Å². The molecule has 0 aliphatic carbocycles. The topological polar surface area (TPSA) is 93.7 Å². The minimum absolute atomic E-state index is 0.0868. The summed E-state index contributed by atoms with van der Waals surface area (Å²) in [5.41, 5.74) is 1.24. The van der Waals surface area contributed by atoms with Crippen LogP contribution in [-0.2, 0) is 14.8 Å². The third kappa shape index (κ3) is 5.08. The lowest BCUT2D eigenvalue weighted by atomic mass is 10.1. The van der Waals surface area contributed by atoms with Crippen LogP contribution in [0.1, 0.15) is 32.4 Å². The van der Waals surface area contributed by atoms with Gasteiger partial charge in [0.15, 0.2) is 11.5 Å². The first kappa shape index (κ1) is 22.5. The summed E-state index contributed by atoms with van der Waals surface area (Å²) in [6.07, 6.45) is 1.87. The first-order chi connectivity index (χ1) is 14.2. The second kappa shape index (κ2) is 9.28. The number of rotatable bonds is 7. The second-order valence-corrected chi connectivity index (χ2v) is 9.81. The Morgan fingerprint density at radius 1 is 1.03 bits per heavy atom. The van der Waals surface area contributed by atoms with E-state index in [1.807, 2.05) is 12.3 Å². The van der Waals surface area contributed by atoms with Gasteiger partial charge in [-0.15, -0.1) is 11.8 Å². The Morgan fingerprint density at radius 2 is 1.73 bits per heavy atom. The molecule has 7 nitrogen and oxygen atoms in total. The van der Waals surface area contributed by atoms with E-state index in [1.165, 1.54) is 23.9 Å². The molecule has 0 fully saturated rings. The number of hydrogen-bond donors (Lipinski definition) is 2. The normalized spacial score (nSPS) is 14.4. The van der Waals surface area contributed by atoms with Crippen LogP contribution in [-0.4, -0.2) is 33.8 Å². The van der Waals surface area contributed by atoms with Gasteiger partial charge in [-0.3, -0.25) is 4.79 Å². The number of carbonyl (C=O) groups excluding carboxylic acids is 1. The molecule has 162 valence electrons. The monoisotopic (exact) mass is 450 g/mol.